The normalized spacial score (nSPS) is 13.4. The number of hydrogen-bond donors (Lipinski definition) is 3. The third kappa shape index (κ3) is 17.7. The van der Waals surface area contributed by atoms with Gasteiger partial charge in [0.05, 0.1) is 66.5 Å². The van der Waals surface area contributed by atoms with Crippen molar-refractivity contribution in [2.75, 3.05) is 62.0 Å². The SMILES string of the molecule is CB(O)O.COC[C@@](C)(N=[N+]=[N-])c1c[nH]c(=O)c2cnc(Cl)cc12.COC[C@@](C)(N=[N+]=[N-])c1cnc(C)c2cnc(Cl)cc12.COC[C@@](C)(N=[N+]=[N-])c1cnc(Cl)c2cnc(Cl)cc12.COC[C@@](C)(N=[N+]=[N-])c1cnc(OC)c2cnc(Cl)cc12. The van der Waals surface area contributed by atoms with E-state index in [2.05, 4.69) is 80.0 Å². The van der Waals surface area contributed by atoms with E-state index in [0.717, 1.165) is 32.8 Å². The van der Waals surface area contributed by atoms with Crippen LogP contribution < -0.4 is 10.3 Å². The highest BCUT2D eigenvalue weighted by Gasteiger charge is 2.32. The van der Waals surface area contributed by atoms with Crippen molar-refractivity contribution >= 4 is 108 Å². The lowest BCUT2D eigenvalue weighted by atomic mass is 9.91. The molecular weight excluding hydrogens is 1210 g/mol. The van der Waals surface area contributed by atoms with E-state index >= 15 is 0 Å². The van der Waals surface area contributed by atoms with Crippen LogP contribution in [0.25, 0.3) is 84.9 Å². The molecule has 0 amide bonds. The van der Waals surface area contributed by atoms with Crippen molar-refractivity contribution in [2.24, 2.45) is 20.5 Å². The minimum absolute atomic E-state index is 0.165. The summed E-state index contributed by atoms with van der Waals surface area (Å²) in [4.78, 5) is 54.7. The molecule has 8 heterocycles. The van der Waals surface area contributed by atoms with Gasteiger partial charge in [0.25, 0.3) is 5.56 Å². The number of hydrogen-bond acceptors (Lipinski definition) is 19. The summed E-state index contributed by atoms with van der Waals surface area (Å²) < 4.78 is 25.9. The summed E-state index contributed by atoms with van der Waals surface area (Å²) in [6, 6.07) is 6.68. The Morgan fingerprint density at radius 3 is 1.20 bits per heavy atom. The van der Waals surface area contributed by atoms with E-state index in [-0.39, 0.29) is 37.1 Å². The van der Waals surface area contributed by atoms with Crippen molar-refractivity contribution in [2.45, 2.75) is 63.6 Å². The minimum atomic E-state index is -1.17. The molecule has 28 nitrogen and oxygen atoms in total. The Morgan fingerprint density at radius 2 is 0.812 bits per heavy atom. The van der Waals surface area contributed by atoms with Crippen LogP contribution in [0.15, 0.2) is 99.1 Å². The quantitative estimate of drug-likeness (QED) is 0.0251. The molecule has 0 saturated heterocycles. The van der Waals surface area contributed by atoms with Crippen LogP contribution in [0.4, 0.5) is 0 Å². The summed E-state index contributed by atoms with van der Waals surface area (Å²) >= 11 is 29.8. The summed E-state index contributed by atoms with van der Waals surface area (Å²) in [7, 11) is 6.50. The monoisotopic (exact) mass is 1260 g/mol. The Bertz CT molecular complexity index is 3810. The van der Waals surface area contributed by atoms with Crippen molar-refractivity contribution < 1.29 is 33.7 Å². The number of halogens is 5. The van der Waals surface area contributed by atoms with Gasteiger partial charge in [-0.2, -0.15) is 0 Å². The molecular formula is C51H56BCl5N20O8. The zero-order chi connectivity index (χ0) is 63.3. The molecule has 0 saturated carbocycles. The molecule has 0 aliphatic carbocycles. The van der Waals surface area contributed by atoms with E-state index in [1.54, 1.807) is 103 Å². The van der Waals surface area contributed by atoms with Gasteiger partial charge in [0.1, 0.15) is 25.8 Å². The molecule has 3 N–H and O–H groups in total. The number of nitrogens with one attached hydrogen (secondary N) is 1. The topological polar surface area (TPSA) is 405 Å². The van der Waals surface area contributed by atoms with Gasteiger partial charge in [0.2, 0.25) is 5.88 Å². The van der Waals surface area contributed by atoms with Gasteiger partial charge >= 0.3 is 7.12 Å². The molecule has 0 radical (unpaired) electrons. The molecule has 0 unspecified atom stereocenters. The van der Waals surface area contributed by atoms with Crippen LogP contribution in [0.5, 0.6) is 5.88 Å². The first kappa shape index (κ1) is 69.8. The Balaban J connectivity index is 0.000000238. The van der Waals surface area contributed by atoms with E-state index in [4.69, 9.17) is 114 Å². The molecule has 85 heavy (non-hydrogen) atoms. The highest BCUT2D eigenvalue weighted by atomic mass is 35.5. The van der Waals surface area contributed by atoms with Gasteiger partial charge in [-0.3, -0.25) is 9.78 Å². The molecule has 0 fully saturated rings. The molecule has 8 rings (SSSR count). The average molecular weight is 1270 g/mol. The maximum Gasteiger partial charge on any atom is 0.448 e. The number of aromatic nitrogens is 8. The van der Waals surface area contributed by atoms with Crippen molar-refractivity contribution in [3.8, 4) is 5.88 Å². The second kappa shape index (κ2) is 32.0. The van der Waals surface area contributed by atoms with Gasteiger partial charge in [0.15, 0.2) is 0 Å². The molecule has 8 aromatic heterocycles. The minimum Gasteiger partial charge on any atom is -0.481 e. The van der Waals surface area contributed by atoms with Gasteiger partial charge in [-0.1, -0.05) is 78.5 Å². The molecule has 34 heteroatoms. The summed E-state index contributed by atoms with van der Waals surface area (Å²) in [5, 5.41) is 37.7. The fourth-order valence-corrected chi connectivity index (χ4v) is 9.42. The van der Waals surface area contributed by atoms with E-state index in [1.165, 1.54) is 40.5 Å². The zero-order valence-corrected chi connectivity index (χ0v) is 51.3. The molecule has 0 spiro atoms. The molecule has 8 aromatic rings. The number of aromatic amines is 1. The molecule has 0 bridgehead atoms. The molecule has 0 aromatic carbocycles. The number of methoxy groups -OCH3 is 5. The van der Waals surface area contributed by atoms with Gasteiger partial charge in [-0.05, 0) is 132 Å². The van der Waals surface area contributed by atoms with Gasteiger partial charge < -0.3 is 38.7 Å². The summed E-state index contributed by atoms with van der Waals surface area (Å²) in [5.41, 5.74) is 34.9. The van der Waals surface area contributed by atoms with Crippen LogP contribution in [-0.2, 0) is 41.1 Å². The van der Waals surface area contributed by atoms with E-state index in [1.807, 2.05) is 6.92 Å². The fraction of sp³-hybridized carbons (Fsp3) is 0.373. The maximum atomic E-state index is 11.8. The standard InChI is InChI=1S/C13H14ClN5O2.C13H14ClN5O.C12H11Cl2N5O.C12H12ClN5O2.CH5BO2/c1-13(7-20-2,18-19-15)10-6-17-12(21-3)9-5-16-11(14)4-8(9)10;1-8-10-5-17-12(14)4-9(10)11(6-16-8)13(2,7-20-3)18-19-15;1-12(6-20-2,18-19-15)9-5-17-11(14)8-4-16-10(13)3-7(8)9;1-12(6-20-2,17-18-14)9-5-16-11(19)8-4-15-10(13)3-7(8)9;1-2(3)4/h4-6H,7H2,1-3H3;4-6H,7H2,1-3H3;3-5H,6H2,1-2H3;3-5H,6H2,1-2H3,(H,16,19);3-4H,1H3/t2*13-;2*12-;/m1111./s1. The molecule has 0 aliphatic rings. The maximum absolute atomic E-state index is 11.8. The van der Waals surface area contributed by atoms with Crippen LogP contribution in [0.3, 0.4) is 0 Å². The summed E-state index contributed by atoms with van der Waals surface area (Å²) in [6.45, 7) is 11.0. The first-order valence-corrected chi connectivity index (χ1v) is 26.5. The zero-order valence-electron chi connectivity index (χ0n) is 47.6. The number of aryl methyl sites for hydroxylation is 1. The van der Waals surface area contributed by atoms with Crippen molar-refractivity contribution in [3.05, 3.63) is 180 Å². The molecule has 446 valence electrons. The van der Waals surface area contributed by atoms with Crippen LogP contribution >= 0.6 is 58.0 Å². The Hall–Kier alpha value is -7.65. The number of rotatable bonds is 17. The third-order valence-electron chi connectivity index (χ3n) is 12.4. The number of ether oxygens (including phenoxy) is 5. The number of pyridine rings is 8. The Labute approximate surface area is 510 Å². The largest absolute Gasteiger partial charge is 0.481 e. The van der Waals surface area contributed by atoms with Gasteiger partial charge in [-0.25, -0.2) is 29.9 Å². The van der Waals surface area contributed by atoms with Crippen molar-refractivity contribution in [1.29, 1.82) is 0 Å². The number of H-pyrrole nitrogens is 1. The number of fused-ring (bicyclic) bond motifs is 4. The summed E-state index contributed by atoms with van der Waals surface area (Å²) in [6.07, 6.45) is 12.6. The smallest absolute Gasteiger partial charge is 0.448 e. The lowest BCUT2D eigenvalue weighted by Crippen LogP contribution is -2.26. The highest BCUT2D eigenvalue weighted by molar-refractivity contribution is 6.39. The average Bonchev–Trinajstić information content (AvgIpc) is 2.49. The molecule has 4 atom stereocenters. The number of azide groups is 4. The van der Waals surface area contributed by atoms with Crippen LogP contribution in [0.2, 0.25) is 32.6 Å². The van der Waals surface area contributed by atoms with Crippen LogP contribution in [0, 0.1) is 6.92 Å². The Kier molecular flexibility index (Phi) is 26.3. The Morgan fingerprint density at radius 1 is 0.494 bits per heavy atom. The second-order valence-corrected chi connectivity index (χ2v) is 20.8. The van der Waals surface area contributed by atoms with Crippen LogP contribution in [0.1, 0.15) is 55.6 Å². The number of nitrogens with zero attached hydrogens (tertiary/aromatic N) is 19. The lowest BCUT2D eigenvalue weighted by Gasteiger charge is -2.25. The second-order valence-electron chi connectivity index (χ2n) is 18.9. The first-order valence-electron chi connectivity index (χ1n) is 24.6. The van der Waals surface area contributed by atoms with E-state index < -0.39 is 29.3 Å². The fourth-order valence-electron chi connectivity index (χ4n) is 8.59. The highest BCUT2D eigenvalue weighted by Crippen LogP contribution is 2.38. The third-order valence-corrected chi connectivity index (χ3v) is 13.5. The van der Waals surface area contributed by atoms with Crippen molar-refractivity contribution in [3.63, 3.8) is 0 Å². The van der Waals surface area contributed by atoms with Crippen molar-refractivity contribution in [1.82, 2.24) is 39.9 Å². The van der Waals surface area contributed by atoms with Crippen LogP contribution in [-0.4, -0.2) is 119 Å². The van der Waals surface area contributed by atoms with E-state index in [9.17, 15) is 4.79 Å². The summed E-state index contributed by atoms with van der Waals surface area (Å²) in [5.74, 6) is 0.429. The van der Waals surface area contributed by atoms with Gasteiger partial charge in [0, 0.05) is 114 Å². The predicted octanol–water partition coefficient (Wildman–Crippen LogP) is 13.2. The predicted molar refractivity (Wildman–Crippen MR) is 327 cm³/mol. The van der Waals surface area contributed by atoms with Gasteiger partial charge in [-0.15, -0.1) is 0 Å². The van der Waals surface area contributed by atoms with E-state index in [0.29, 0.717) is 64.7 Å². The molecule has 0 aliphatic heterocycles. The first-order chi connectivity index (χ1) is 40.3. The lowest BCUT2D eigenvalue weighted by molar-refractivity contribution is 0.141.